The van der Waals surface area contributed by atoms with E-state index in [1.54, 1.807) is 36.3 Å². The highest BCUT2D eigenvalue weighted by Gasteiger charge is 2.25. The number of benzene rings is 2. The van der Waals surface area contributed by atoms with Gasteiger partial charge in [0.1, 0.15) is 5.58 Å². The van der Waals surface area contributed by atoms with Gasteiger partial charge in [0.05, 0.1) is 12.7 Å². The van der Waals surface area contributed by atoms with Crippen LogP contribution in [0.2, 0.25) is 0 Å². The van der Waals surface area contributed by atoms with E-state index in [-0.39, 0.29) is 18.1 Å². The first-order valence-corrected chi connectivity index (χ1v) is 9.95. The minimum atomic E-state index is -0.902. The molecule has 6 heteroatoms. The quantitative estimate of drug-likeness (QED) is 0.474. The molecule has 0 saturated carbocycles. The third-order valence-electron chi connectivity index (χ3n) is 5.46. The van der Waals surface area contributed by atoms with Gasteiger partial charge in [0.25, 0.3) is 0 Å². The number of ether oxygens (including phenoxy) is 1. The molecule has 1 amide bonds. The molecule has 0 fully saturated rings. The topological polar surface area (TPSA) is 76.8 Å². The summed E-state index contributed by atoms with van der Waals surface area (Å²) in [6.07, 6.45) is 1.39. The Bertz CT molecular complexity index is 1160. The average molecular weight is 405 g/mol. The van der Waals surface area contributed by atoms with Crippen LogP contribution in [0.3, 0.4) is 0 Å². The van der Waals surface area contributed by atoms with Gasteiger partial charge in [-0.15, -0.1) is 0 Å². The maximum atomic E-state index is 12.8. The van der Waals surface area contributed by atoms with E-state index in [0.29, 0.717) is 18.5 Å². The fraction of sp³-hybridized carbons (Fsp3) is 0.292. The largest absolute Gasteiger partial charge is 0.464 e. The molecule has 0 bridgehead atoms. The van der Waals surface area contributed by atoms with Crippen molar-refractivity contribution in [2.75, 3.05) is 11.4 Å². The summed E-state index contributed by atoms with van der Waals surface area (Å²) in [6.45, 7) is 5.69. The van der Waals surface area contributed by atoms with Crippen LogP contribution in [0.1, 0.15) is 40.9 Å². The van der Waals surface area contributed by atoms with Gasteiger partial charge >= 0.3 is 5.97 Å². The summed E-state index contributed by atoms with van der Waals surface area (Å²) in [5.41, 5.74) is 4.80. The fourth-order valence-corrected chi connectivity index (χ4v) is 3.89. The van der Waals surface area contributed by atoms with Crippen LogP contribution in [0.5, 0.6) is 0 Å². The van der Waals surface area contributed by atoms with Crippen LogP contribution in [0.15, 0.2) is 47.1 Å². The Morgan fingerprint density at radius 1 is 1.17 bits per heavy atom. The van der Waals surface area contributed by atoms with E-state index < -0.39 is 12.1 Å². The average Bonchev–Trinajstić information content (AvgIpc) is 3.30. The van der Waals surface area contributed by atoms with Crippen molar-refractivity contribution in [3.8, 4) is 0 Å². The van der Waals surface area contributed by atoms with Crippen molar-refractivity contribution >= 4 is 34.3 Å². The predicted molar refractivity (Wildman–Crippen MR) is 113 cm³/mol. The van der Waals surface area contributed by atoms with Gasteiger partial charge in [-0.2, -0.15) is 0 Å². The van der Waals surface area contributed by atoms with Gasteiger partial charge in [0, 0.05) is 35.7 Å². The van der Waals surface area contributed by atoms with Crippen LogP contribution in [0, 0.1) is 6.92 Å². The van der Waals surface area contributed by atoms with Crippen molar-refractivity contribution in [2.45, 2.75) is 39.7 Å². The number of esters is 1. The molecule has 0 N–H and O–H groups in total. The third-order valence-corrected chi connectivity index (χ3v) is 5.46. The molecule has 1 aliphatic heterocycles. The van der Waals surface area contributed by atoms with E-state index >= 15 is 0 Å². The van der Waals surface area contributed by atoms with Crippen LogP contribution in [0.4, 0.5) is 5.69 Å². The van der Waals surface area contributed by atoms with E-state index in [2.05, 4.69) is 0 Å². The van der Waals surface area contributed by atoms with Gasteiger partial charge in [-0.3, -0.25) is 14.4 Å². The van der Waals surface area contributed by atoms with E-state index in [0.717, 1.165) is 33.3 Å². The van der Waals surface area contributed by atoms with Crippen molar-refractivity contribution in [3.05, 3.63) is 64.9 Å². The molecule has 0 spiro atoms. The van der Waals surface area contributed by atoms with Crippen molar-refractivity contribution < 1.29 is 23.5 Å². The Morgan fingerprint density at radius 2 is 1.97 bits per heavy atom. The third kappa shape index (κ3) is 3.73. The van der Waals surface area contributed by atoms with Gasteiger partial charge in [0.15, 0.2) is 6.10 Å². The first-order valence-electron chi connectivity index (χ1n) is 9.95. The summed E-state index contributed by atoms with van der Waals surface area (Å²) in [5.74, 6) is -0.764. The highest BCUT2D eigenvalue weighted by Crippen LogP contribution is 2.29. The number of carbonyl (C=O) groups is 3. The summed E-state index contributed by atoms with van der Waals surface area (Å²) in [6, 6.07) is 11.0. The van der Waals surface area contributed by atoms with Crippen LogP contribution in [-0.4, -0.2) is 30.3 Å². The van der Waals surface area contributed by atoms with Gasteiger partial charge in [-0.1, -0.05) is 12.1 Å². The monoisotopic (exact) mass is 405 g/mol. The molecule has 30 heavy (non-hydrogen) atoms. The number of fused-ring (bicyclic) bond motifs is 2. The normalized spacial score (nSPS) is 13.9. The standard InChI is InChI=1S/C24H23NO5/c1-14-4-6-20-19(13-29-22(20)10-14)12-23(27)30-15(2)24(28)18-5-7-21-17(11-18)8-9-25(21)16(3)26/h4-7,10-11,13,15H,8-9,12H2,1-3H3. The number of ketones is 1. The highest BCUT2D eigenvalue weighted by molar-refractivity contribution is 6.02. The van der Waals surface area contributed by atoms with E-state index in [4.69, 9.17) is 9.15 Å². The molecule has 154 valence electrons. The Labute approximate surface area is 174 Å². The van der Waals surface area contributed by atoms with Gasteiger partial charge < -0.3 is 14.1 Å². The summed E-state index contributed by atoms with van der Waals surface area (Å²) in [4.78, 5) is 38.6. The second kappa shape index (κ2) is 7.78. The second-order valence-corrected chi connectivity index (χ2v) is 7.70. The molecule has 0 saturated heterocycles. The number of carbonyl (C=O) groups excluding carboxylic acids is 3. The number of rotatable bonds is 5. The molecule has 0 aliphatic carbocycles. The number of hydrogen-bond donors (Lipinski definition) is 0. The zero-order chi connectivity index (χ0) is 21.4. The Balaban J connectivity index is 1.43. The fourth-order valence-electron chi connectivity index (χ4n) is 3.89. The van der Waals surface area contributed by atoms with E-state index in [1.165, 1.54) is 6.92 Å². The number of amides is 1. The second-order valence-electron chi connectivity index (χ2n) is 7.70. The molecule has 1 aromatic heterocycles. The summed E-state index contributed by atoms with van der Waals surface area (Å²) in [5, 5.41) is 0.866. The summed E-state index contributed by atoms with van der Waals surface area (Å²) in [7, 11) is 0. The van der Waals surface area contributed by atoms with Gasteiger partial charge in [0.2, 0.25) is 11.7 Å². The number of aryl methyl sites for hydroxylation is 1. The molecule has 1 aliphatic rings. The Kier molecular flexibility index (Phi) is 5.16. The van der Waals surface area contributed by atoms with Gasteiger partial charge in [-0.25, -0.2) is 0 Å². The number of nitrogens with zero attached hydrogens (tertiary/aromatic N) is 1. The van der Waals surface area contributed by atoms with Crippen molar-refractivity contribution in [2.24, 2.45) is 0 Å². The molecule has 2 aromatic carbocycles. The molecule has 0 radical (unpaired) electrons. The van der Waals surface area contributed by atoms with Crippen LogP contribution < -0.4 is 4.90 Å². The first kappa shape index (κ1) is 19.9. The lowest BCUT2D eigenvalue weighted by Gasteiger charge is -2.16. The number of furan rings is 1. The Hall–Kier alpha value is -3.41. The summed E-state index contributed by atoms with van der Waals surface area (Å²) >= 11 is 0. The molecule has 4 rings (SSSR count). The maximum absolute atomic E-state index is 12.8. The lowest BCUT2D eigenvalue weighted by molar-refractivity contribution is -0.145. The van der Waals surface area contributed by atoms with E-state index in [1.807, 2.05) is 25.1 Å². The maximum Gasteiger partial charge on any atom is 0.311 e. The molecule has 6 nitrogen and oxygen atoms in total. The molecule has 1 atom stereocenters. The zero-order valence-electron chi connectivity index (χ0n) is 17.2. The Morgan fingerprint density at radius 3 is 2.73 bits per heavy atom. The number of Topliss-reactive ketones (excluding diaryl/α,β-unsaturated/α-hetero) is 1. The van der Waals surface area contributed by atoms with Crippen molar-refractivity contribution in [1.82, 2.24) is 0 Å². The lowest BCUT2D eigenvalue weighted by atomic mass is 10.0. The minimum Gasteiger partial charge on any atom is -0.464 e. The molecule has 3 aromatic rings. The zero-order valence-corrected chi connectivity index (χ0v) is 17.2. The summed E-state index contributed by atoms with van der Waals surface area (Å²) < 4.78 is 10.9. The van der Waals surface area contributed by atoms with Crippen LogP contribution in [0.25, 0.3) is 11.0 Å². The van der Waals surface area contributed by atoms with Crippen LogP contribution >= 0.6 is 0 Å². The highest BCUT2D eigenvalue weighted by atomic mass is 16.5. The minimum absolute atomic E-state index is 0.0166. The predicted octanol–water partition coefficient (Wildman–Crippen LogP) is 4.01. The van der Waals surface area contributed by atoms with Crippen molar-refractivity contribution in [3.63, 3.8) is 0 Å². The van der Waals surface area contributed by atoms with Gasteiger partial charge in [-0.05, 0) is 55.7 Å². The first-order chi connectivity index (χ1) is 14.3. The van der Waals surface area contributed by atoms with Crippen LogP contribution in [-0.2, 0) is 27.2 Å². The smallest absolute Gasteiger partial charge is 0.311 e. The van der Waals surface area contributed by atoms with E-state index in [9.17, 15) is 14.4 Å². The SMILES string of the molecule is CC(=O)N1CCc2cc(C(=O)C(C)OC(=O)Cc3coc4cc(C)ccc34)ccc21. The number of hydrogen-bond acceptors (Lipinski definition) is 5. The molecule has 1 unspecified atom stereocenters. The lowest BCUT2D eigenvalue weighted by Crippen LogP contribution is -2.26. The molecule has 2 heterocycles. The molecular weight excluding hydrogens is 382 g/mol. The molecular formula is C24H23NO5. The van der Waals surface area contributed by atoms with Crippen molar-refractivity contribution in [1.29, 1.82) is 0 Å². The number of anilines is 1.